The molecule has 1 fully saturated rings. The van der Waals surface area contributed by atoms with Crippen LogP contribution in [0.2, 0.25) is 0 Å². The molecule has 10 nitrogen and oxygen atoms in total. The van der Waals surface area contributed by atoms with Crippen molar-refractivity contribution in [3.05, 3.63) is 22.0 Å². The molecule has 0 bridgehead atoms. The number of aromatic nitrogens is 3. The summed E-state index contributed by atoms with van der Waals surface area (Å²) in [6.07, 6.45) is 0.962. The number of rotatable bonds is 4. The first-order valence-electron chi connectivity index (χ1n) is 9.91. The van der Waals surface area contributed by atoms with Gasteiger partial charge in [0.2, 0.25) is 5.88 Å². The number of nitrogens with zero attached hydrogens (tertiary/aromatic N) is 3. The van der Waals surface area contributed by atoms with E-state index in [-0.39, 0.29) is 28.5 Å². The normalized spacial score (nSPS) is 14.6. The third kappa shape index (κ3) is 4.92. The van der Waals surface area contributed by atoms with Gasteiger partial charge in [-0.25, -0.2) is 4.79 Å². The lowest BCUT2D eigenvalue weighted by Crippen LogP contribution is -2.35. The lowest BCUT2D eigenvalue weighted by atomic mass is 9.96. The molecule has 30 heavy (non-hydrogen) atoms. The van der Waals surface area contributed by atoms with E-state index in [0.29, 0.717) is 6.54 Å². The van der Waals surface area contributed by atoms with Crippen LogP contribution in [-0.2, 0) is 11.3 Å². The van der Waals surface area contributed by atoms with Crippen LogP contribution in [0.25, 0.3) is 5.65 Å². The molecule has 0 saturated heterocycles. The average molecular weight is 419 g/mol. The van der Waals surface area contributed by atoms with E-state index in [2.05, 4.69) is 15.7 Å². The van der Waals surface area contributed by atoms with Gasteiger partial charge in [0.15, 0.2) is 11.4 Å². The first kappa shape index (κ1) is 21.7. The lowest BCUT2D eigenvalue weighted by molar-refractivity contribution is 0.0635. The van der Waals surface area contributed by atoms with Crippen LogP contribution >= 0.6 is 0 Å². The quantitative estimate of drug-likeness (QED) is 0.699. The number of fused-ring (bicyclic) bond motifs is 1. The minimum Gasteiger partial charge on any atom is -0.494 e. The molecule has 1 saturated carbocycles. The first-order valence-corrected chi connectivity index (χ1v) is 9.91. The summed E-state index contributed by atoms with van der Waals surface area (Å²) in [6.45, 7) is 11.4. The van der Waals surface area contributed by atoms with E-state index in [1.165, 1.54) is 10.6 Å². The summed E-state index contributed by atoms with van der Waals surface area (Å²) in [7, 11) is 0. The highest BCUT2D eigenvalue weighted by Gasteiger charge is 2.30. The molecule has 2 aromatic rings. The first-order chi connectivity index (χ1) is 13.7. The van der Waals surface area contributed by atoms with Crippen LogP contribution in [0.15, 0.2) is 10.9 Å². The Balaban J connectivity index is 2.09. The summed E-state index contributed by atoms with van der Waals surface area (Å²) in [5, 5.41) is 20.2. The molecule has 0 aliphatic heterocycles. The zero-order valence-electron chi connectivity index (χ0n) is 18.2. The standard InChI is InChI=1S/C20H29N5O5/c1-19(2,3)10-24-13-9-12(22-18(29)30-20(4,5)6)23-25(13)17(28)14(16(24)27)15(26)21-11-7-8-11/h9,11,27H,7-8,10H2,1-6H3,(H,21,26)(H,22,23,29). The van der Waals surface area contributed by atoms with Crippen molar-refractivity contribution < 1.29 is 19.4 Å². The van der Waals surface area contributed by atoms with E-state index in [9.17, 15) is 19.5 Å². The molecule has 0 radical (unpaired) electrons. The predicted octanol–water partition coefficient (Wildman–Crippen LogP) is 2.49. The van der Waals surface area contributed by atoms with Crippen molar-refractivity contribution in [1.29, 1.82) is 0 Å². The van der Waals surface area contributed by atoms with Crippen molar-refractivity contribution in [2.24, 2.45) is 5.41 Å². The maximum atomic E-state index is 13.0. The number of anilines is 1. The Morgan fingerprint density at radius 2 is 1.87 bits per heavy atom. The highest BCUT2D eigenvalue weighted by molar-refractivity contribution is 5.96. The van der Waals surface area contributed by atoms with Crippen LogP contribution in [0.1, 0.15) is 64.7 Å². The van der Waals surface area contributed by atoms with Crippen molar-refractivity contribution >= 4 is 23.5 Å². The summed E-state index contributed by atoms with van der Waals surface area (Å²) in [5.74, 6) is -0.992. The van der Waals surface area contributed by atoms with Crippen molar-refractivity contribution in [3.8, 4) is 5.88 Å². The van der Waals surface area contributed by atoms with Gasteiger partial charge in [0.25, 0.3) is 11.5 Å². The third-order valence-electron chi connectivity index (χ3n) is 4.25. The fourth-order valence-corrected chi connectivity index (χ4v) is 2.94. The minimum atomic E-state index is -0.761. The summed E-state index contributed by atoms with van der Waals surface area (Å²) in [5.41, 5.74) is -1.86. The van der Waals surface area contributed by atoms with Gasteiger partial charge in [0.1, 0.15) is 11.2 Å². The highest BCUT2D eigenvalue weighted by Crippen LogP contribution is 2.27. The van der Waals surface area contributed by atoms with Crippen LogP contribution in [0, 0.1) is 5.41 Å². The Hall–Kier alpha value is -3.04. The van der Waals surface area contributed by atoms with Crippen molar-refractivity contribution in [3.63, 3.8) is 0 Å². The summed E-state index contributed by atoms with van der Waals surface area (Å²) >= 11 is 0. The lowest BCUT2D eigenvalue weighted by Gasteiger charge is -2.23. The molecule has 2 aromatic heterocycles. The van der Waals surface area contributed by atoms with Crippen LogP contribution < -0.4 is 16.2 Å². The van der Waals surface area contributed by atoms with Gasteiger partial charge in [-0.2, -0.15) is 4.52 Å². The topological polar surface area (TPSA) is 127 Å². The van der Waals surface area contributed by atoms with Crippen molar-refractivity contribution in [2.75, 3.05) is 5.32 Å². The van der Waals surface area contributed by atoms with Crippen LogP contribution in [0.3, 0.4) is 0 Å². The van der Waals surface area contributed by atoms with E-state index in [1.54, 1.807) is 20.8 Å². The predicted molar refractivity (Wildman–Crippen MR) is 111 cm³/mol. The number of carbonyl (C=O) groups is 2. The van der Waals surface area contributed by atoms with E-state index < -0.39 is 29.0 Å². The molecule has 164 valence electrons. The molecule has 1 aliphatic carbocycles. The van der Waals surface area contributed by atoms with Crippen LogP contribution in [-0.4, -0.2) is 42.9 Å². The molecule has 1 aliphatic rings. The SMILES string of the molecule is CC(C)(C)Cn1c(O)c(C(=O)NC2CC2)c(=O)n2nc(NC(=O)OC(C)(C)C)cc12. The second-order valence-electron chi connectivity index (χ2n) is 9.82. The van der Waals surface area contributed by atoms with Gasteiger partial charge in [0, 0.05) is 18.7 Å². The van der Waals surface area contributed by atoms with Crippen LogP contribution in [0.4, 0.5) is 10.6 Å². The Morgan fingerprint density at radius 3 is 2.40 bits per heavy atom. The maximum Gasteiger partial charge on any atom is 0.413 e. The molecule has 0 atom stereocenters. The molecule has 0 aromatic carbocycles. The molecule has 0 spiro atoms. The monoisotopic (exact) mass is 419 g/mol. The summed E-state index contributed by atoms with van der Waals surface area (Å²) in [6, 6.07) is 1.48. The highest BCUT2D eigenvalue weighted by atomic mass is 16.6. The number of aromatic hydroxyl groups is 1. The number of amides is 2. The third-order valence-corrected chi connectivity index (χ3v) is 4.25. The molecule has 3 rings (SSSR count). The molecule has 3 N–H and O–H groups in total. The number of carbonyl (C=O) groups excluding carboxylic acids is 2. The zero-order chi connectivity index (χ0) is 22.4. The van der Waals surface area contributed by atoms with E-state index in [1.807, 2.05) is 20.8 Å². The summed E-state index contributed by atoms with van der Waals surface area (Å²) < 4.78 is 7.69. The minimum absolute atomic E-state index is 0.0186. The zero-order valence-corrected chi connectivity index (χ0v) is 18.2. The van der Waals surface area contributed by atoms with E-state index in [4.69, 9.17) is 4.74 Å². The van der Waals surface area contributed by atoms with Crippen molar-refractivity contribution in [1.82, 2.24) is 19.5 Å². The fraction of sp³-hybridized carbons (Fsp3) is 0.600. The van der Waals surface area contributed by atoms with Crippen LogP contribution in [0.5, 0.6) is 5.88 Å². The largest absolute Gasteiger partial charge is 0.494 e. The number of hydrogen-bond acceptors (Lipinski definition) is 6. The molecule has 10 heteroatoms. The number of nitrogens with one attached hydrogen (secondary N) is 2. The maximum absolute atomic E-state index is 13.0. The van der Waals surface area contributed by atoms with Gasteiger partial charge < -0.3 is 15.2 Å². The average Bonchev–Trinajstić information content (AvgIpc) is 3.26. The second kappa shape index (κ2) is 7.33. The summed E-state index contributed by atoms with van der Waals surface area (Å²) in [4.78, 5) is 37.7. The fourth-order valence-electron chi connectivity index (χ4n) is 2.94. The van der Waals surface area contributed by atoms with Gasteiger partial charge in [-0.15, -0.1) is 5.10 Å². The Kier molecular flexibility index (Phi) is 5.30. The number of hydrogen-bond donors (Lipinski definition) is 3. The van der Waals surface area contributed by atoms with Gasteiger partial charge >= 0.3 is 6.09 Å². The van der Waals surface area contributed by atoms with Gasteiger partial charge in [-0.05, 0) is 39.0 Å². The molecule has 0 unspecified atom stereocenters. The van der Waals surface area contributed by atoms with Crippen molar-refractivity contribution in [2.45, 2.75) is 72.6 Å². The Morgan fingerprint density at radius 1 is 1.23 bits per heavy atom. The Bertz CT molecular complexity index is 1050. The number of ether oxygens (including phenoxy) is 1. The molecule has 2 heterocycles. The molecular weight excluding hydrogens is 390 g/mol. The van der Waals surface area contributed by atoms with E-state index >= 15 is 0 Å². The van der Waals surface area contributed by atoms with Gasteiger partial charge in [-0.3, -0.25) is 19.5 Å². The smallest absolute Gasteiger partial charge is 0.413 e. The molecular formula is C20H29N5O5. The van der Waals surface area contributed by atoms with Gasteiger partial charge in [0.05, 0.1) is 0 Å². The Labute approximate surface area is 174 Å². The van der Waals surface area contributed by atoms with Gasteiger partial charge in [-0.1, -0.05) is 20.8 Å². The second-order valence-corrected chi connectivity index (χ2v) is 9.82. The van der Waals surface area contributed by atoms with E-state index in [0.717, 1.165) is 17.4 Å². The molecule has 2 amide bonds.